The van der Waals surface area contributed by atoms with Gasteiger partial charge < -0.3 is 9.32 Å². The number of sulfonamides is 1. The molecule has 0 radical (unpaired) electrons. The average Bonchev–Trinajstić information content (AvgIpc) is 3.20. The van der Waals surface area contributed by atoms with Crippen LogP contribution in [-0.2, 0) is 21.0 Å². The molecule has 0 spiro atoms. The molecule has 4 rings (SSSR count). The van der Waals surface area contributed by atoms with Crippen LogP contribution in [0.2, 0.25) is 5.02 Å². The molecular weight excluding hydrogens is 483 g/mol. The second-order valence-corrected chi connectivity index (χ2v) is 9.57. The van der Waals surface area contributed by atoms with Gasteiger partial charge in [-0.15, -0.1) is 0 Å². The lowest BCUT2D eigenvalue weighted by molar-refractivity contribution is -0.137. The molecule has 0 N–H and O–H groups in total. The van der Waals surface area contributed by atoms with Crippen molar-refractivity contribution < 1.29 is 30.8 Å². The molecule has 33 heavy (non-hydrogen) atoms. The Balaban J connectivity index is 1.42. The minimum atomic E-state index is -4.78. The Bertz CT molecular complexity index is 1300. The molecule has 0 bridgehead atoms. The molecule has 1 aliphatic rings. The van der Waals surface area contributed by atoms with E-state index >= 15 is 0 Å². The van der Waals surface area contributed by atoms with Gasteiger partial charge in [0.05, 0.1) is 15.5 Å². The fourth-order valence-electron chi connectivity index (χ4n) is 3.39. The summed E-state index contributed by atoms with van der Waals surface area (Å²) in [6.07, 6.45) is -2.07. The lowest BCUT2D eigenvalue weighted by Gasteiger charge is -2.33. The third kappa shape index (κ3) is 4.90. The number of alkyl halides is 3. The Morgan fingerprint density at radius 1 is 1.09 bits per heavy atom. The van der Waals surface area contributed by atoms with E-state index < -0.39 is 31.7 Å². The number of fused-ring (bicyclic) bond motifs is 1. The highest BCUT2D eigenvalue weighted by Gasteiger charge is 2.36. The molecule has 174 valence electrons. The van der Waals surface area contributed by atoms with Crippen LogP contribution in [0.4, 0.5) is 13.2 Å². The number of carbonyl (C=O) groups excluding carboxylic acids is 1. The molecule has 2 aromatic carbocycles. The van der Waals surface area contributed by atoms with Gasteiger partial charge in [-0.25, -0.2) is 13.4 Å². The third-order valence-corrected chi connectivity index (χ3v) is 7.33. The lowest BCUT2D eigenvalue weighted by atomic mass is 10.2. The summed E-state index contributed by atoms with van der Waals surface area (Å²) < 4.78 is 71.5. The lowest BCUT2D eigenvalue weighted by Crippen LogP contribution is -2.50. The maximum Gasteiger partial charge on any atom is 0.417 e. The number of nitrogens with zero attached hydrogens (tertiary/aromatic N) is 3. The summed E-state index contributed by atoms with van der Waals surface area (Å²) in [7, 11) is -4.19. The number of piperazine rings is 1. The van der Waals surface area contributed by atoms with Crippen molar-refractivity contribution in [1.82, 2.24) is 14.2 Å². The number of amides is 1. The van der Waals surface area contributed by atoms with Crippen molar-refractivity contribution in [3.8, 4) is 0 Å². The number of hydrogen-bond acceptors (Lipinski definition) is 5. The summed E-state index contributed by atoms with van der Waals surface area (Å²) in [6.45, 7) is 0.0366. The largest absolute Gasteiger partial charge is 0.437 e. The van der Waals surface area contributed by atoms with Gasteiger partial charge in [0.25, 0.3) is 0 Å². The van der Waals surface area contributed by atoms with E-state index in [9.17, 15) is 26.4 Å². The first-order valence-corrected chi connectivity index (χ1v) is 11.6. The van der Waals surface area contributed by atoms with Gasteiger partial charge in [-0.2, -0.15) is 17.5 Å². The van der Waals surface area contributed by atoms with E-state index in [0.29, 0.717) is 17.2 Å². The number of aromatic nitrogens is 1. The topological polar surface area (TPSA) is 83.7 Å². The summed E-state index contributed by atoms with van der Waals surface area (Å²) in [5.41, 5.74) is 0.0157. The van der Waals surface area contributed by atoms with Gasteiger partial charge in [-0.1, -0.05) is 23.7 Å². The molecular formula is C21H17ClF3N3O4S. The molecule has 0 aliphatic carbocycles. The van der Waals surface area contributed by atoms with Gasteiger partial charge in [-0.3, -0.25) is 4.79 Å². The summed E-state index contributed by atoms with van der Waals surface area (Å²) in [5, 5.41) is -0.581. The molecule has 1 fully saturated rings. The third-order valence-electron chi connectivity index (χ3n) is 5.11. The van der Waals surface area contributed by atoms with E-state index in [1.165, 1.54) is 17.1 Å². The molecule has 0 unspecified atom stereocenters. The zero-order valence-electron chi connectivity index (χ0n) is 16.9. The second-order valence-electron chi connectivity index (χ2n) is 7.22. The first kappa shape index (κ1) is 23.3. The van der Waals surface area contributed by atoms with Crippen molar-refractivity contribution in [3.63, 3.8) is 0 Å². The number of carbonyl (C=O) groups is 1. The molecule has 1 aromatic heterocycles. The van der Waals surface area contributed by atoms with E-state index in [0.717, 1.165) is 16.4 Å². The molecule has 2 heterocycles. The van der Waals surface area contributed by atoms with E-state index in [1.54, 1.807) is 18.2 Å². The molecule has 12 heteroatoms. The highest BCUT2D eigenvalue weighted by molar-refractivity contribution is 7.89. The number of halogens is 4. The fraction of sp³-hybridized carbons (Fsp3) is 0.238. The van der Waals surface area contributed by atoms with Crippen LogP contribution in [0, 0.1) is 0 Å². The molecule has 0 saturated carbocycles. The van der Waals surface area contributed by atoms with Crippen molar-refractivity contribution in [2.45, 2.75) is 11.1 Å². The summed E-state index contributed by atoms with van der Waals surface area (Å²) in [4.78, 5) is 17.6. The molecule has 1 aliphatic heterocycles. The van der Waals surface area contributed by atoms with E-state index in [4.69, 9.17) is 16.0 Å². The average molecular weight is 500 g/mol. The number of rotatable bonds is 4. The zero-order valence-corrected chi connectivity index (χ0v) is 18.5. The summed E-state index contributed by atoms with van der Waals surface area (Å²) in [6, 6.07) is 9.61. The standard InChI is InChI=1S/C21H17ClF3N3O4S/c22-16-6-5-14(13-15(16)21(23,24)25)33(30,31)28-11-9-27(10-12-28)20(29)8-7-19-26-17-3-1-2-4-18(17)32-19/h1-8,13H,9-12H2/b8-7+. The van der Waals surface area contributed by atoms with Crippen LogP contribution in [0.15, 0.2) is 57.9 Å². The SMILES string of the molecule is O=C(/C=C/c1nc2ccccc2o1)N1CCN(S(=O)(=O)c2ccc(Cl)c(C(F)(F)F)c2)CC1. The van der Waals surface area contributed by atoms with Crippen molar-refractivity contribution in [3.05, 3.63) is 65.0 Å². The molecule has 1 amide bonds. The van der Waals surface area contributed by atoms with Crippen LogP contribution in [0.5, 0.6) is 0 Å². The van der Waals surface area contributed by atoms with Crippen LogP contribution < -0.4 is 0 Å². The van der Waals surface area contributed by atoms with Crippen molar-refractivity contribution in [2.24, 2.45) is 0 Å². The van der Waals surface area contributed by atoms with Crippen LogP contribution in [0.1, 0.15) is 11.5 Å². The zero-order chi connectivity index (χ0) is 23.8. The van der Waals surface area contributed by atoms with Crippen LogP contribution >= 0.6 is 11.6 Å². The van der Waals surface area contributed by atoms with E-state index in [-0.39, 0.29) is 38.0 Å². The van der Waals surface area contributed by atoms with Gasteiger partial charge in [0, 0.05) is 38.3 Å². The van der Waals surface area contributed by atoms with Crippen molar-refractivity contribution >= 4 is 44.7 Å². The Kier molecular flexibility index (Phi) is 6.21. The van der Waals surface area contributed by atoms with Crippen LogP contribution in [-0.4, -0.2) is 54.7 Å². The van der Waals surface area contributed by atoms with E-state index in [2.05, 4.69) is 4.98 Å². The highest BCUT2D eigenvalue weighted by Crippen LogP contribution is 2.36. The van der Waals surface area contributed by atoms with Crippen molar-refractivity contribution in [2.75, 3.05) is 26.2 Å². The molecule has 3 aromatic rings. The smallest absolute Gasteiger partial charge is 0.417 e. The number of para-hydroxylation sites is 2. The first-order valence-electron chi connectivity index (χ1n) is 9.75. The molecule has 1 saturated heterocycles. The fourth-order valence-corrected chi connectivity index (χ4v) is 5.06. The van der Waals surface area contributed by atoms with Gasteiger partial charge in [0.2, 0.25) is 21.8 Å². The maximum absolute atomic E-state index is 13.1. The highest BCUT2D eigenvalue weighted by atomic mass is 35.5. The molecule has 0 atom stereocenters. The predicted octanol–water partition coefficient (Wildman–Crippen LogP) is 4.05. The molecule has 7 nitrogen and oxygen atoms in total. The Labute approximate surface area is 192 Å². The van der Waals surface area contributed by atoms with Gasteiger partial charge in [-0.05, 0) is 30.3 Å². The quantitative estimate of drug-likeness (QED) is 0.506. The van der Waals surface area contributed by atoms with Gasteiger partial charge in [0.15, 0.2) is 5.58 Å². The van der Waals surface area contributed by atoms with Crippen LogP contribution in [0.25, 0.3) is 17.2 Å². The number of hydrogen-bond donors (Lipinski definition) is 0. The second kappa shape index (κ2) is 8.81. The van der Waals surface area contributed by atoms with Gasteiger partial charge in [0.1, 0.15) is 5.52 Å². The normalized spacial score (nSPS) is 16.1. The number of benzene rings is 2. The van der Waals surface area contributed by atoms with Gasteiger partial charge >= 0.3 is 6.18 Å². The first-order chi connectivity index (χ1) is 15.6. The maximum atomic E-state index is 13.1. The van der Waals surface area contributed by atoms with E-state index in [1.807, 2.05) is 6.07 Å². The Morgan fingerprint density at radius 2 is 1.79 bits per heavy atom. The van der Waals surface area contributed by atoms with Crippen molar-refractivity contribution in [1.29, 1.82) is 0 Å². The minimum absolute atomic E-state index is 0.0607. The van der Waals surface area contributed by atoms with Crippen LogP contribution in [0.3, 0.4) is 0 Å². The minimum Gasteiger partial charge on any atom is -0.437 e. The number of oxazole rings is 1. The Hall–Kier alpha value is -2.89. The predicted molar refractivity (Wildman–Crippen MR) is 115 cm³/mol. The summed E-state index contributed by atoms with van der Waals surface area (Å²) in [5.74, 6) is -0.103. The monoisotopic (exact) mass is 499 g/mol. The summed E-state index contributed by atoms with van der Waals surface area (Å²) >= 11 is 5.58. The Morgan fingerprint density at radius 3 is 2.45 bits per heavy atom.